The molecule has 0 aromatic rings. The molecular weight excluding hydrogens is 152 g/mol. The van der Waals surface area contributed by atoms with Gasteiger partial charge in [0.15, 0.2) is 0 Å². The highest BCUT2D eigenvalue weighted by atomic mass is 16.3. The van der Waals surface area contributed by atoms with Crippen LogP contribution in [0, 0.1) is 0 Å². The summed E-state index contributed by atoms with van der Waals surface area (Å²) in [6, 6.07) is 1.10. The van der Waals surface area contributed by atoms with E-state index in [1.54, 1.807) is 0 Å². The van der Waals surface area contributed by atoms with Crippen LogP contribution in [0.5, 0.6) is 0 Å². The van der Waals surface area contributed by atoms with E-state index >= 15 is 0 Å². The lowest BCUT2D eigenvalue weighted by Crippen LogP contribution is -2.49. The molecule has 0 aromatic heterocycles. The summed E-state index contributed by atoms with van der Waals surface area (Å²) in [6.45, 7) is 3.98. The molecule has 0 radical (unpaired) electrons. The molecule has 1 fully saturated rings. The van der Waals surface area contributed by atoms with Crippen molar-refractivity contribution in [1.29, 1.82) is 0 Å². The molecule has 1 heterocycles. The number of rotatable bonds is 3. The zero-order valence-electron chi connectivity index (χ0n) is 7.87. The van der Waals surface area contributed by atoms with E-state index in [1.807, 2.05) is 0 Å². The highest BCUT2D eigenvalue weighted by Gasteiger charge is 2.25. The first-order chi connectivity index (χ1) is 5.79. The highest BCUT2D eigenvalue weighted by Crippen LogP contribution is 2.21. The number of aliphatic hydroxyl groups is 1. The maximum atomic E-state index is 8.87. The van der Waals surface area contributed by atoms with E-state index in [0.29, 0.717) is 12.1 Å². The molecular formula is C9H20N2O. The number of nitrogens with zero attached hydrogens (tertiary/aromatic N) is 1. The lowest BCUT2D eigenvalue weighted by Gasteiger charge is -2.39. The summed E-state index contributed by atoms with van der Waals surface area (Å²) in [5, 5.41) is 8.87. The Balaban J connectivity index is 2.47. The maximum absolute atomic E-state index is 8.87. The van der Waals surface area contributed by atoms with Crippen LogP contribution < -0.4 is 5.73 Å². The maximum Gasteiger partial charge on any atom is 0.0558 e. The lowest BCUT2D eigenvalue weighted by atomic mass is 9.96. The number of piperidine rings is 1. The second-order valence-corrected chi connectivity index (χ2v) is 3.63. The molecule has 1 saturated heterocycles. The predicted octanol–water partition coefficient (Wildman–Crippen LogP) is 0.180. The first-order valence-electron chi connectivity index (χ1n) is 4.86. The molecule has 1 aliphatic heterocycles. The normalized spacial score (nSPS) is 32.2. The molecule has 2 atom stereocenters. The quantitative estimate of drug-likeness (QED) is 0.638. The van der Waals surface area contributed by atoms with Crippen molar-refractivity contribution in [2.75, 3.05) is 19.7 Å². The van der Waals surface area contributed by atoms with Crippen molar-refractivity contribution in [3.8, 4) is 0 Å². The Labute approximate surface area is 74.5 Å². The molecule has 72 valence electrons. The lowest BCUT2D eigenvalue weighted by molar-refractivity contribution is 0.0754. The molecule has 0 saturated carbocycles. The minimum absolute atomic E-state index is 0.251. The average Bonchev–Trinajstić information content (AvgIpc) is 2.09. The van der Waals surface area contributed by atoms with Crippen LogP contribution in [0.4, 0.5) is 0 Å². The molecule has 12 heavy (non-hydrogen) atoms. The van der Waals surface area contributed by atoms with Crippen LogP contribution in [0.1, 0.15) is 26.2 Å². The fourth-order valence-electron chi connectivity index (χ4n) is 2.11. The fourth-order valence-corrected chi connectivity index (χ4v) is 2.11. The van der Waals surface area contributed by atoms with Crippen molar-refractivity contribution in [2.45, 2.75) is 38.3 Å². The van der Waals surface area contributed by atoms with Gasteiger partial charge < -0.3 is 10.8 Å². The average molecular weight is 172 g/mol. The van der Waals surface area contributed by atoms with E-state index in [4.69, 9.17) is 10.8 Å². The van der Waals surface area contributed by atoms with Crippen LogP contribution in [-0.2, 0) is 0 Å². The molecule has 1 aliphatic rings. The van der Waals surface area contributed by atoms with Crippen molar-refractivity contribution in [1.82, 2.24) is 4.90 Å². The summed E-state index contributed by atoms with van der Waals surface area (Å²) < 4.78 is 0. The molecule has 1 rings (SSSR count). The van der Waals surface area contributed by atoms with Crippen LogP contribution in [0.15, 0.2) is 0 Å². The molecule has 0 bridgehead atoms. The summed E-state index contributed by atoms with van der Waals surface area (Å²) in [5.74, 6) is 0. The fraction of sp³-hybridized carbons (Fsp3) is 1.00. The monoisotopic (exact) mass is 172 g/mol. The summed E-state index contributed by atoms with van der Waals surface area (Å²) in [5.41, 5.74) is 5.66. The number of β-amino-alcohol motifs (C(OH)–C–C–N with tert-alkyl or cyclic N) is 1. The van der Waals surface area contributed by atoms with Crippen molar-refractivity contribution < 1.29 is 5.11 Å². The van der Waals surface area contributed by atoms with Gasteiger partial charge in [-0.15, -0.1) is 0 Å². The summed E-state index contributed by atoms with van der Waals surface area (Å²) in [7, 11) is 0. The van der Waals surface area contributed by atoms with Gasteiger partial charge in [-0.25, -0.2) is 0 Å². The van der Waals surface area contributed by atoms with Crippen molar-refractivity contribution in [3.63, 3.8) is 0 Å². The number of hydrogen-bond donors (Lipinski definition) is 2. The van der Waals surface area contributed by atoms with Gasteiger partial charge in [0, 0.05) is 25.2 Å². The molecule has 0 spiro atoms. The SMILES string of the molecule is CC1CCCC(CN)N1CCO. The Bertz CT molecular complexity index is 130. The zero-order chi connectivity index (χ0) is 8.97. The van der Waals surface area contributed by atoms with Gasteiger partial charge in [-0.3, -0.25) is 4.90 Å². The van der Waals surface area contributed by atoms with Gasteiger partial charge in [-0.1, -0.05) is 6.42 Å². The minimum Gasteiger partial charge on any atom is -0.395 e. The third-order valence-electron chi connectivity index (χ3n) is 2.82. The number of nitrogens with two attached hydrogens (primary N) is 1. The number of aliphatic hydroxyl groups excluding tert-OH is 1. The van der Waals surface area contributed by atoms with E-state index < -0.39 is 0 Å². The Morgan fingerprint density at radius 3 is 2.83 bits per heavy atom. The standard InChI is InChI=1S/C9H20N2O/c1-8-3-2-4-9(7-10)11(8)5-6-12/h8-9,12H,2-7,10H2,1H3. The van der Waals surface area contributed by atoms with E-state index in [0.717, 1.165) is 13.1 Å². The smallest absolute Gasteiger partial charge is 0.0558 e. The van der Waals surface area contributed by atoms with Crippen LogP contribution in [0.3, 0.4) is 0 Å². The molecule has 3 nitrogen and oxygen atoms in total. The predicted molar refractivity (Wildman–Crippen MR) is 49.9 cm³/mol. The van der Waals surface area contributed by atoms with Gasteiger partial charge in [-0.05, 0) is 19.8 Å². The molecule has 3 heteroatoms. The minimum atomic E-state index is 0.251. The molecule has 0 aromatic carbocycles. The van der Waals surface area contributed by atoms with Gasteiger partial charge in [-0.2, -0.15) is 0 Å². The first kappa shape index (κ1) is 9.96. The largest absolute Gasteiger partial charge is 0.395 e. The van der Waals surface area contributed by atoms with Gasteiger partial charge >= 0.3 is 0 Å². The van der Waals surface area contributed by atoms with Crippen LogP contribution in [0.25, 0.3) is 0 Å². The molecule has 2 unspecified atom stereocenters. The topological polar surface area (TPSA) is 49.5 Å². The van der Waals surface area contributed by atoms with Crippen LogP contribution in [-0.4, -0.2) is 41.8 Å². The van der Waals surface area contributed by atoms with E-state index in [-0.39, 0.29) is 6.61 Å². The Morgan fingerprint density at radius 1 is 1.50 bits per heavy atom. The highest BCUT2D eigenvalue weighted by molar-refractivity contribution is 4.82. The van der Waals surface area contributed by atoms with E-state index in [2.05, 4.69) is 11.8 Å². The summed E-state index contributed by atoms with van der Waals surface area (Å²) in [6.07, 6.45) is 3.72. The van der Waals surface area contributed by atoms with Gasteiger partial charge in [0.1, 0.15) is 0 Å². The third-order valence-corrected chi connectivity index (χ3v) is 2.82. The van der Waals surface area contributed by atoms with Crippen molar-refractivity contribution >= 4 is 0 Å². The van der Waals surface area contributed by atoms with Crippen LogP contribution in [0.2, 0.25) is 0 Å². The van der Waals surface area contributed by atoms with E-state index in [1.165, 1.54) is 19.3 Å². The van der Waals surface area contributed by atoms with E-state index in [9.17, 15) is 0 Å². The van der Waals surface area contributed by atoms with Gasteiger partial charge in [0.2, 0.25) is 0 Å². The van der Waals surface area contributed by atoms with Crippen molar-refractivity contribution in [3.05, 3.63) is 0 Å². The van der Waals surface area contributed by atoms with Gasteiger partial charge in [0.25, 0.3) is 0 Å². The van der Waals surface area contributed by atoms with Crippen LogP contribution >= 0.6 is 0 Å². The molecule has 0 aliphatic carbocycles. The third kappa shape index (κ3) is 2.19. The van der Waals surface area contributed by atoms with Gasteiger partial charge in [0.05, 0.1) is 6.61 Å². The summed E-state index contributed by atoms with van der Waals surface area (Å²) in [4.78, 5) is 2.34. The molecule has 0 amide bonds. The number of hydrogen-bond acceptors (Lipinski definition) is 3. The Hall–Kier alpha value is -0.120. The first-order valence-corrected chi connectivity index (χ1v) is 4.86. The second kappa shape index (κ2) is 4.80. The molecule has 3 N–H and O–H groups in total. The second-order valence-electron chi connectivity index (χ2n) is 3.63. The Kier molecular flexibility index (Phi) is 3.98. The summed E-state index contributed by atoms with van der Waals surface area (Å²) >= 11 is 0. The number of likely N-dealkylation sites (tertiary alicyclic amines) is 1. The zero-order valence-corrected chi connectivity index (χ0v) is 7.87. The van der Waals surface area contributed by atoms with Crippen molar-refractivity contribution in [2.24, 2.45) is 5.73 Å². The Morgan fingerprint density at radius 2 is 2.25 bits per heavy atom.